The Morgan fingerprint density at radius 1 is 0.789 bits per heavy atom. The number of aliphatic hydroxyl groups is 2. The molecule has 2 nitrogen and oxygen atoms in total. The van der Waals surface area contributed by atoms with Crippen LogP contribution in [0.2, 0.25) is 0 Å². The fraction of sp³-hybridized carbons (Fsp3) is 0.167. The molecule has 0 amide bonds. The maximum atomic E-state index is 13.5. The summed E-state index contributed by atoms with van der Waals surface area (Å²) in [6.07, 6.45) is -0.0473. The predicted octanol–water partition coefficient (Wildman–Crippen LogP) is 2.06. The Morgan fingerprint density at radius 3 is 1.79 bits per heavy atom. The third kappa shape index (κ3) is 2.04. The van der Waals surface area contributed by atoms with Crippen LogP contribution in [0.25, 0.3) is 5.57 Å². The summed E-state index contributed by atoms with van der Waals surface area (Å²) in [5.74, 6) is -10.6. The summed E-state index contributed by atoms with van der Waals surface area (Å²) in [6.45, 7) is 0. The first kappa shape index (κ1) is 13.7. The molecule has 7 heteroatoms. The zero-order valence-electron chi connectivity index (χ0n) is 9.17. The minimum atomic E-state index is -2.28. The number of hydrogen-bond donors (Lipinski definition) is 2. The minimum Gasteiger partial charge on any atom is -0.386 e. The zero-order valence-corrected chi connectivity index (χ0v) is 9.17. The number of hydrogen-bond acceptors (Lipinski definition) is 2. The maximum Gasteiger partial charge on any atom is 0.200 e. The largest absolute Gasteiger partial charge is 0.386 e. The highest BCUT2D eigenvalue weighted by Gasteiger charge is 2.32. The number of rotatable bonds is 1. The summed E-state index contributed by atoms with van der Waals surface area (Å²) in [6, 6.07) is 0. The molecule has 1 aliphatic rings. The van der Waals surface area contributed by atoms with Crippen molar-refractivity contribution < 1.29 is 32.2 Å². The van der Waals surface area contributed by atoms with E-state index in [1.807, 2.05) is 0 Å². The van der Waals surface area contributed by atoms with Crippen molar-refractivity contribution in [3.63, 3.8) is 0 Å². The van der Waals surface area contributed by atoms with Gasteiger partial charge in [-0.25, -0.2) is 22.0 Å². The summed E-state index contributed by atoms with van der Waals surface area (Å²) in [4.78, 5) is 0. The normalized spacial score (nSPS) is 22.6. The van der Waals surface area contributed by atoms with Crippen molar-refractivity contribution in [1.29, 1.82) is 0 Å². The molecule has 0 spiro atoms. The van der Waals surface area contributed by atoms with E-state index in [1.165, 1.54) is 0 Å². The lowest BCUT2D eigenvalue weighted by molar-refractivity contribution is 0.0854. The van der Waals surface area contributed by atoms with Gasteiger partial charge in [0.2, 0.25) is 5.82 Å². The lowest BCUT2D eigenvalue weighted by Crippen LogP contribution is -2.28. The van der Waals surface area contributed by atoms with Gasteiger partial charge in [0, 0.05) is 0 Å². The first-order chi connectivity index (χ1) is 8.86. The van der Waals surface area contributed by atoms with E-state index in [0.29, 0.717) is 0 Å². The quantitative estimate of drug-likeness (QED) is 0.469. The van der Waals surface area contributed by atoms with Crippen molar-refractivity contribution in [3.8, 4) is 0 Å². The Bertz CT molecular complexity index is 565. The van der Waals surface area contributed by atoms with Gasteiger partial charge in [0.1, 0.15) is 12.2 Å². The molecular formula is C12H7F5O2. The molecule has 0 saturated carbocycles. The van der Waals surface area contributed by atoms with E-state index in [1.54, 1.807) is 0 Å². The Labute approximate surface area is 104 Å². The third-order valence-corrected chi connectivity index (χ3v) is 2.72. The second-order valence-corrected chi connectivity index (χ2v) is 3.89. The van der Waals surface area contributed by atoms with Crippen LogP contribution in [0.1, 0.15) is 5.56 Å². The molecule has 2 unspecified atom stereocenters. The smallest absolute Gasteiger partial charge is 0.200 e. The first-order valence-electron chi connectivity index (χ1n) is 5.12. The summed E-state index contributed by atoms with van der Waals surface area (Å²) in [7, 11) is 0. The third-order valence-electron chi connectivity index (χ3n) is 2.72. The maximum absolute atomic E-state index is 13.5. The van der Waals surface area contributed by atoms with Gasteiger partial charge in [-0.15, -0.1) is 0 Å². The Balaban J connectivity index is 2.70. The number of allylic oxidation sites excluding steroid dienone is 2. The van der Waals surface area contributed by atoms with Gasteiger partial charge in [-0.2, -0.15) is 0 Å². The minimum absolute atomic E-state index is 0.581. The average Bonchev–Trinajstić information content (AvgIpc) is 2.39. The number of benzene rings is 1. The molecular weight excluding hydrogens is 271 g/mol. The monoisotopic (exact) mass is 278 g/mol. The molecule has 2 N–H and O–H groups in total. The summed E-state index contributed by atoms with van der Waals surface area (Å²) in [5.41, 5.74) is -1.82. The molecule has 0 fully saturated rings. The second kappa shape index (κ2) is 4.75. The molecule has 102 valence electrons. The molecule has 0 heterocycles. The van der Waals surface area contributed by atoms with Gasteiger partial charge in [0.15, 0.2) is 23.3 Å². The molecule has 0 aliphatic heterocycles. The molecule has 0 saturated heterocycles. The first-order valence-corrected chi connectivity index (χ1v) is 5.12. The molecule has 2 rings (SSSR count). The molecule has 2 atom stereocenters. The van der Waals surface area contributed by atoms with E-state index in [4.69, 9.17) is 0 Å². The lowest BCUT2D eigenvalue weighted by Gasteiger charge is -2.22. The van der Waals surface area contributed by atoms with Crippen LogP contribution in [0.3, 0.4) is 0 Å². The molecule has 1 aromatic rings. The molecule has 0 radical (unpaired) electrons. The summed E-state index contributed by atoms with van der Waals surface area (Å²) in [5, 5.41) is 18.8. The van der Waals surface area contributed by atoms with E-state index >= 15 is 0 Å². The molecule has 0 bridgehead atoms. The van der Waals surface area contributed by atoms with E-state index < -0.39 is 52.4 Å². The van der Waals surface area contributed by atoms with E-state index in [-0.39, 0.29) is 0 Å². The standard InChI is InChI=1S/C12H7F5O2/c13-7-6(4-2-1-3-5(18)12(4)19)8(14)10(16)11(17)9(7)15/h1-3,5,12,18-19H. The van der Waals surface area contributed by atoms with Crippen molar-refractivity contribution in [2.45, 2.75) is 12.2 Å². The average molecular weight is 278 g/mol. The van der Waals surface area contributed by atoms with Crippen LogP contribution in [-0.2, 0) is 0 Å². The molecule has 1 aromatic carbocycles. The van der Waals surface area contributed by atoms with Crippen molar-refractivity contribution in [3.05, 3.63) is 52.9 Å². The SMILES string of the molecule is OC1C=CC=C(c2c(F)c(F)c(F)c(F)c2F)C1O. The van der Waals surface area contributed by atoms with Gasteiger partial charge >= 0.3 is 0 Å². The van der Waals surface area contributed by atoms with Crippen LogP contribution < -0.4 is 0 Å². The Morgan fingerprint density at radius 2 is 1.26 bits per heavy atom. The fourth-order valence-electron chi connectivity index (χ4n) is 1.75. The highest BCUT2D eigenvalue weighted by molar-refractivity contribution is 5.73. The van der Waals surface area contributed by atoms with E-state index in [0.717, 1.165) is 18.2 Å². The van der Waals surface area contributed by atoms with E-state index in [9.17, 15) is 32.2 Å². The highest BCUT2D eigenvalue weighted by atomic mass is 19.2. The van der Waals surface area contributed by atoms with E-state index in [2.05, 4.69) is 0 Å². The summed E-state index contributed by atoms with van der Waals surface area (Å²) >= 11 is 0. The van der Waals surface area contributed by atoms with Gasteiger partial charge < -0.3 is 10.2 Å². The fourth-order valence-corrected chi connectivity index (χ4v) is 1.75. The van der Waals surface area contributed by atoms with Gasteiger partial charge in [-0.05, 0) is 5.57 Å². The second-order valence-electron chi connectivity index (χ2n) is 3.89. The Hall–Kier alpha value is -1.73. The molecule has 0 aromatic heterocycles. The number of halogens is 5. The van der Waals surface area contributed by atoms with Crippen LogP contribution in [0.4, 0.5) is 22.0 Å². The molecule has 19 heavy (non-hydrogen) atoms. The zero-order chi connectivity index (χ0) is 14.3. The summed E-state index contributed by atoms with van der Waals surface area (Å²) < 4.78 is 65.9. The predicted molar refractivity (Wildman–Crippen MR) is 55.4 cm³/mol. The highest BCUT2D eigenvalue weighted by Crippen LogP contribution is 2.32. The van der Waals surface area contributed by atoms with Gasteiger partial charge in [0.25, 0.3) is 0 Å². The van der Waals surface area contributed by atoms with Crippen molar-refractivity contribution in [2.24, 2.45) is 0 Å². The topological polar surface area (TPSA) is 40.5 Å². The molecule has 1 aliphatic carbocycles. The van der Waals surface area contributed by atoms with Crippen LogP contribution in [0, 0.1) is 29.1 Å². The van der Waals surface area contributed by atoms with Crippen LogP contribution in [0.5, 0.6) is 0 Å². The van der Waals surface area contributed by atoms with Crippen molar-refractivity contribution in [1.82, 2.24) is 0 Å². The van der Waals surface area contributed by atoms with Crippen molar-refractivity contribution in [2.75, 3.05) is 0 Å². The van der Waals surface area contributed by atoms with Crippen LogP contribution in [-0.4, -0.2) is 22.4 Å². The lowest BCUT2D eigenvalue weighted by atomic mass is 9.92. The van der Waals surface area contributed by atoms with Crippen LogP contribution in [0.15, 0.2) is 18.2 Å². The van der Waals surface area contributed by atoms with Crippen molar-refractivity contribution >= 4 is 5.57 Å². The van der Waals surface area contributed by atoms with Gasteiger partial charge in [-0.3, -0.25) is 0 Å². The number of aliphatic hydroxyl groups excluding tert-OH is 2. The Kier molecular flexibility index (Phi) is 3.42. The van der Waals surface area contributed by atoms with Gasteiger partial charge in [-0.1, -0.05) is 18.2 Å². The van der Waals surface area contributed by atoms with Gasteiger partial charge in [0.05, 0.1) is 5.56 Å². The van der Waals surface area contributed by atoms with Crippen LogP contribution >= 0.6 is 0 Å².